The smallest absolute Gasteiger partial charge is 0.132 e. The van der Waals surface area contributed by atoms with E-state index in [9.17, 15) is 0 Å². The molecule has 1 aliphatic heterocycles. The molecule has 0 unspecified atom stereocenters. The maximum atomic E-state index is 7.00. The molecule has 1 heteroatoms. The summed E-state index contributed by atoms with van der Waals surface area (Å²) in [6.45, 7) is 0. The van der Waals surface area contributed by atoms with Crippen LogP contribution in [0, 0.1) is 0 Å². The summed E-state index contributed by atoms with van der Waals surface area (Å²) in [5.74, 6) is 1.82. The van der Waals surface area contributed by atoms with E-state index in [0.29, 0.717) is 0 Å². The molecule has 0 bridgehead atoms. The van der Waals surface area contributed by atoms with E-state index in [-0.39, 0.29) is 0 Å². The monoisotopic (exact) mass is 746 g/mol. The fourth-order valence-corrected chi connectivity index (χ4v) is 11.9. The molecule has 0 radical (unpaired) electrons. The highest BCUT2D eigenvalue weighted by atomic mass is 16.5. The molecule has 1 nitrogen and oxygen atoms in total. The molecule has 2 spiro atoms. The Bertz CT molecular complexity index is 3400. The minimum absolute atomic E-state index is 0.447. The van der Waals surface area contributed by atoms with Crippen molar-refractivity contribution >= 4 is 21.5 Å². The van der Waals surface area contributed by atoms with Gasteiger partial charge in [0.15, 0.2) is 0 Å². The van der Waals surface area contributed by atoms with Crippen LogP contribution in [0.3, 0.4) is 0 Å². The molecule has 0 N–H and O–H groups in total. The van der Waals surface area contributed by atoms with Gasteiger partial charge >= 0.3 is 0 Å². The van der Waals surface area contributed by atoms with Gasteiger partial charge in [0.1, 0.15) is 11.5 Å². The summed E-state index contributed by atoms with van der Waals surface area (Å²) in [5.41, 5.74) is 19.6. The summed E-state index contributed by atoms with van der Waals surface area (Å²) in [4.78, 5) is 0. The van der Waals surface area contributed by atoms with E-state index in [1.807, 2.05) is 0 Å². The maximum Gasteiger partial charge on any atom is 0.132 e. The number of benzene rings is 10. The average molecular weight is 747 g/mol. The summed E-state index contributed by atoms with van der Waals surface area (Å²) in [6, 6.07) is 77.3. The number of hydrogen-bond acceptors (Lipinski definition) is 1. The molecule has 4 aliphatic rings. The molecule has 0 saturated heterocycles. The van der Waals surface area contributed by atoms with Crippen LogP contribution in [0.15, 0.2) is 206 Å². The molecular formula is C58H34O. The van der Waals surface area contributed by atoms with Crippen LogP contribution in [0.1, 0.15) is 44.5 Å². The van der Waals surface area contributed by atoms with Crippen molar-refractivity contribution in [2.45, 2.75) is 10.8 Å². The van der Waals surface area contributed by atoms with Gasteiger partial charge in [0.05, 0.1) is 10.8 Å². The third-order valence-corrected chi connectivity index (χ3v) is 14.1. The zero-order valence-electron chi connectivity index (χ0n) is 32.0. The van der Waals surface area contributed by atoms with Crippen LogP contribution in [0.4, 0.5) is 0 Å². The second kappa shape index (κ2) is 11.1. The summed E-state index contributed by atoms with van der Waals surface area (Å²) in [7, 11) is 0. The van der Waals surface area contributed by atoms with Gasteiger partial charge < -0.3 is 4.74 Å². The first-order valence-electron chi connectivity index (χ1n) is 20.7. The molecule has 10 aromatic carbocycles. The Morgan fingerprint density at radius 1 is 0.271 bits per heavy atom. The van der Waals surface area contributed by atoms with E-state index in [4.69, 9.17) is 4.74 Å². The van der Waals surface area contributed by atoms with Gasteiger partial charge in [-0.2, -0.15) is 0 Å². The summed E-state index contributed by atoms with van der Waals surface area (Å²) in [6.07, 6.45) is 0. The standard InChI is InChI=1S/C58H34O/c1-2-15-37-32-52-46(31-36(37)14-1)45-28-25-38(33-51(45)57(52)47-21-9-5-17-41(47)42-18-6-10-22-48(42)57)39-27-29-54-53(34-39)58(56-40-16-4-3-13-35(40)26-30-55(56)59-54)49-23-11-7-19-43(49)44-20-8-12-24-50(44)58/h1-34H. The zero-order chi connectivity index (χ0) is 38.5. The van der Waals surface area contributed by atoms with E-state index in [2.05, 4.69) is 206 Å². The lowest BCUT2D eigenvalue weighted by atomic mass is 9.64. The van der Waals surface area contributed by atoms with Gasteiger partial charge in [-0.3, -0.25) is 0 Å². The molecule has 0 atom stereocenters. The molecule has 272 valence electrons. The highest BCUT2D eigenvalue weighted by Gasteiger charge is 2.53. The van der Waals surface area contributed by atoms with Crippen LogP contribution >= 0.6 is 0 Å². The van der Waals surface area contributed by atoms with Gasteiger partial charge in [0.2, 0.25) is 0 Å². The van der Waals surface area contributed by atoms with Crippen LogP contribution in [0.25, 0.3) is 66.1 Å². The lowest BCUT2D eigenvalue weighted by Gasteiger charge is -2.40. The Kier molecular flexibility index (Phi) is 5.96. The van der Waals surface area contributed by atoms with Crippen molar-refractivity contribution < 1.29 is 4.74 Å². The fourth-order valence-electron chi connectivity index (χ4n) is 11.9. The molecule has 3 aliphatic carbocycles. The molecule has 59 heavy (non-hydrogen) atoms. The van der Waals surface area contributed by atoms with Crippen molar-refractivity contribution in [1.82, 2.24) is 0 Å². The van der Waals surface area contributed by atoms with Crippen molar-refractivity contribution in [1.29, 1.82) is 0 Å². The van der Waals surface area contributed by atoms with Crippen LogP contribution in [-0.4, -0.2) is 0 Å². The van der Waals surface area contributed by atoms with E-state index in [0.717, 1.165) is 11.5 Å². The average Bonchev–Trinajstić information content (AvgIpc) is 3.88. The SMILES string of the molecule is c1ccc2c(c1)-c1ccccc1C21c2cc(-c3ccc4c(c3)C3(c5ccccc5-c5ccccc53)c3c(ccc5ccccc35)O4)ccc2-c2cc3ccccc3cc21. The summed E-state index contributed by atoms with van der Waals surface area (Å²) in [5, 5.41) is 4.97. The molecule has 0 amide bonds. The molecule has 0 saturated carbocycles. The van der Waals surface area contributed by atoms with Gasteiger partial charge in [0.25, 0.3) is 0 Å². The first-order chi connectivity index (χ1) is 29.2. The van der Waals surface area contributed by atoms with Crippen LogP contribution in [-0.2, 0) is 10.8 Å². The second-order valence-corrected chi connectivity index (χ2v) is 16.7. The largest absolute Gasteiger partial charge is 0.457 e. The van der Waals surface area contributed by atoms with Crippen molar-refractivity contribution in [2.75, 3.05) is 0 Å². The number of rotatable bonds is 1. The molecule has 14 rings (SSSR count). The van der Waals surface area contributed by atoms with E-state index >= 15 is 0 Å². The Morgan fingerprint density at radius 2 is 0.729 bits per heavy atom. The quantitative estimate of drug-likeness (QED) is 0.163. The number of hydrogen-bond donors (Lipinski definition) is 0. The molecule has 10 aromatic rings. The molecule has 0 aromatic heterocycles. The minimum atomic E-state index is -0.579. The first kappa shape index (κ1) is 31.6. The van der Waals surface area contributed by atoms with Crippen LogP contribution < -0.4 is 4.74 Å². The maximum absolute atomic E-state index is 7.00. The fraction of sp³-hybridized carbons (Fsp3) is 0.0345. The minimum Gasteiger partial charge on any atom is -0.457 e. The van der Waals surface area contributed by atoms with Crippen LogP contribution in [0.2, 0.25) is 0 Å². The van der Waals surface area contributed by atoms with Crippen molar-refractivity contribution in [3.63, 3.8) is 0 Å². The Labute approximate surface area is 342 Å². The predicted molar refractivity (Wildman–Crippen MR) is 241 cm³/mol. The highest BCUT2D eigenvalue weighted by Crippen LogP contribution is 2.65. The van der Waals surface area contributed by atoms with E-state index < -0.39 is 10.8 Å². The lowest BCUT2D eigenvalue weighted by Crippen LogP contribution is -2.32. The Balaban J connectivity index is 1.06. The van der Waals surface area contributed by atoms with Gasteiger partial charge in [0, 0.05) is 11.1 Å². The zero-order valence-corrected chi connectivity index (χ0v) is 32.0. The topological polar surface area (TPSA) is 9.23 Å². The highest BCUT2D eigenvalue weighted by molar-refractivity contribution is 6.01. The van der Waals surface area contributed by atoms with Crippen molar-refractivity contribution in [3.8, 4) is 56.0 Å². The van der Waals surface area contributed by atoms with Gasteiger partial charge in [-0.15, -0.1) is 0 Å². The molecule has 0 fully saturated rings. The Hall–Kier alpha value is -7.48. The van der Waals surface area contributed by atoms with Crippen LogP contribution in [0.5, 0.6) is 11.5 Å². The summed E-state index contributed by atoms with van der Waals surface area (Å²) < 4.78 is 7.00. The van der Waals surface area contributed by atoms with Crippen molar-refractivity contribution in [2.24, 2.45) is 0 Å². The lowest BCUT2D eigenvalue weighted by molar-refractivity contribution is 0.438. The molecular weight excluding hydrogens is 713 g/mol. The van der Waals surface area contributed by atoms with Gasteiger partial charge in [-0.25, -0.2) is 0 Å². The predicted octanol–water partition coefficient (Wildman–Crippen LogP) is 14.5. The van der Waals surface area contributed by atoms with Gasteiger partial charge in [-0.1, -0.05) is 170 Å². The molecule has 1 heterocycles. The first-order valence-corrected chi connectivity index (χ1v) is 20.7. The normalized spacial score (nSPS) is 14.8. The number of fused-ring (bicyclic) bond motifs is 22. The third kappa shape index (κ3) is 3.77. The number of ether oxygens (including phenoxy) is 1. The Morgan fingerprint density at radius 3 is 1.37 bits per heavy atom. The second-order valence-electron chi connectivity index (χ2n) is 16.7. The van der Waals surface area contributed by atoms with E-state index in [1.54, 1.807) is 0 Å². The summed E-state index contributed by atoms with van der Waals surface area (Å²) >= 11 is 0. The third-order valence-electron chi connectivity index (χ3n) is 14.1. The van der Waals surface area contributed by atoms with Gasteiger partial charge in [-0.05, 0) is 136 Å². The van der Waals surface area contributed by atoms with Crippen molar-refractivity contribution in [3.05, 3.63) is 251 Å². The van der Waals surface area contributed by atoms with E-state index in [1.165, 1.54) is 111 Å².